The number of rotatable bonds is 5. The first-order chi connectivity index (χ1) is 11.6. The average Bonchev–Trinajstić information content (AvgIpc) is 2.57. The van der Waals surface area contributed by atoms with Crippen LogP contribution in [-0.4, -0.2) is 15.2 Å². The van der Waals surface area contributed by atoms with Gasteiger partial charge >= 0.3 is 0 Å². The Morgan fingerprint density at radius 2 is 1.79 bits per heavy atom. The van der Waals surface area contributed by atoms with Gasteiger partial charge in [0, 0.05) is 6.54 Å². The van der Waals surface area contributed by atoms with Crippen LogP contribution in [0.1, 0.15) is 11.1 Å². The molecular weight excluding hydrogens is 345 g/mol. The summed E-state index contributed by atoms with van der Waals surface area (Å²) in [7, 11) is 0. The summed E-state index contributed by atoms with van der Waals surface area (Å²) < 4.78 is 0. The number of para-hydroxylation sites is 1. The standard InChI is InChI=1S/C17H15Cl2N5/c1-11-4-2-5-12(8-11)9-20-15-10-21-24-17(22-15)23-16-13(18)6-3-7-14(16)19/h2-8,10H,9H2,1H3,(H2,20,22,23,24). The molecule has 7 heteroatoms. The Morgan fingerprint density at radius 1 is 1.04 bits per heavy atom. The SMILES string of the molecule is Cc1cccc(CNc2cnnc(Nc3c(Cl)cccc3Cl)n2)c1. The molecule has 0 saturated heterocycles. The van der Waals surface area contributed by atoms with Gasteiger partial charge in [-0.2, -0.15) is 10.1 Å². The lowest BCUT2D eigenvalue weighted by atomic mass is 10.1. The van der Waals surface area contributed by atoms with Crippen molar-refractivity contribution in [2.45, 2.75) is 13.5 Å². The molecule has 1 aromatic heterocycles. The van der Waals surface area contributed by atoms with Crippen molar-refractivity contribution in [2.75, 3.05) is 10.6 Å². The molecule has 0 aliphatic heterocycles. The van der Waals surface area contributed by atoms with Crippen LogP contribution in [0.25, 0.3) is 0 Å². The zero-order valence-corrected chi connectivity index (χ0v) is 14.4. The minimum atomic E-state index is 0.319. The van der Waals surface area contributed by atoms with Crippen LogP contribution in [-0.2, 0) is 6.54 Å². The van der Waals surface area contributed by atoms with Crippen LogP contribution in [0.5, 0.6) is 0 Å². The molecule has 0 amide bonds. The van der Waals surface area contributed by atoms with Crippen LogP contribution in [0.4, 0.5) is 17.5 Å². The van der Waals surface area contributed by atoms with E-state index in [-0.39, 0.29) is 0 Å². The molecule has 1 heterocycles. The summed E-state index contributed by atoms with van der Waals surface area (Å²) in [5.74, 6) is 0.927. The quantitative estimate of drug-likeness (QED) is 0.682. The Kier molecular flexibility index (Phi) is 5.13. The normalized spacial score (nSPS) is 10.5. The van der Waals surface area contributed by atoms with Crippen molar-refractivity contribution in [2.24, 2.45) is 0 Å². The van der Waals surface area contributed by atoms with Gasteiger partial charge in [0.05, 0.1) is 21.9 Å². The molecule has 3 rings (SSSR count). The second kappa shape index (κ2) is 7.47. The third kappa shape index (κ3) is 4.13. The van der Waals surface area contributed by atoms with Gasteiger partial charge in [-0.1, -0.05) is 59.1 Å². The van der Waals surface area contributed by atoms with E-state index >= 15 is 0 Å². The van der Waals surface area contributed by atoms with Gasteiger partial charge in [-0.3, -0.25) is 0 Å². The van der Waals surface area contributed by atoms with E-state index in [1.54, 1.807) is 24.4 Å². The van der Waals surface area contributed by atoms with Crippen molar-refractivity contribution in [1.29, 1.82) is 0 Å². The van der Waals surface area contributed by atoms with Crippen molar-refractivity contribution in [3.8, 4) is 0 Å². The Balaban J connectivity index is 1.72. The molecule has 0 bridgehead atoms. The molecule has 0 saturated carbocycles. The Hall–Kier alpha value is -2.37. The molecule has 0 unspecified atom stereocenters. The summed E-state index contributed by atoms with van der Waals surface area (Å²) >= 11 is 12.3. The molecule has 0 atom stereocenters. The molecule has 0 radical (unpaired) electrons. The zero-order chi connectivity index (χ0) is 16.9. The van der Waals surface area contributed by atoms with E-state index in [0.29, 0.717) is 34.0 Å². The van der Waals surface area contributed by atoms with Crippen molar-refractivity contribution in [3.05, 3.63) is 69.8 Å². The van der Waals surface area contributed by atoms with Gasteiger partial charge in [-0.15, -0.1) is 5.10 Å². The highest BCUT2D eigenvalue weighted by Gasteiger charge is 2.08. The fourth-order valence-electron chi connectivity index (χ4n) is 2.19. The predicted molar refractivity (Wildman–Crippen MR) is 98.1 cm³/mol. The summed E-state index contributed by atoms with van der Waals surface area (Å²) in [6.07, 6.45) is 1.56. The molecule has 0 aliphatic carbocycles. The van der Waals surface area contributed by atoms with E-state index in [9.17, 15) is 0 Å². The second-order valence-electron chi connectivity index (χ2n) is 5.23. The summed E-state index contributed by atoms with van der Waals surface area (Å²) in [6.45, 7) is 2.71. The summed E-state index contributed by atoms with van der Waals surface area (Å²) in [5, 5.41) is 15.1. The summed E-state index contributed by atoms with van der Waals surface area (Å²) in [6, 6.07) is 13.5. The number of aryl methyl sites for hydroxylation is 1. The molecule has 122 valence electrons. The van der Waals surface area contributed by atoms with Gasteiger partial charge in [-0.05, 0) is 24.6 Å². The largest absolute Gasteiger partial charge is 0.365 e. The van der Waals surface area contributed by atoms with E-state index in [4.69, 9.17) is 23.2 Å². The highest BCUT2D eigenvalue weighted by Crippen LogP contribution is 2.31. The number of nitrogens with one attached hydrogen (secondary N) is 2. The molecule has 2 aromatic carbocycles. The number of halogens is 2. The number of hydrogen-bond acceptors (Lipinski definition) is 5. The molecule has 24 heavy (non-hydrogen) atoms. The lowest BCUT2D eigenvalue weighted by Crippen LogP contribution is -2.06. The molecular formula is C17H15Cl2N5. The molecule has 0 fully saturated rings. The monoisotopic (exact) mass is 359 g/mol. The highest BCUT2D eigenvalue weighted by molar-refractivity contribution is 6.39. The minimum Gasteiger partial charge on any atom is -0.365 e. The van der Waals surface area contributed by atoms with Crippen LogP contribution in [0.3, 0.4) is 0 Å². The van der Waals surface area contributed by atoms with E-state index in [1.807, 2.05) is 6.07 Å². The number of benzene rings is 2. The maximum Gasteiger partial charge on any atom is 0.249 e. The number of aromatic nitrogens is 3. The topological polar surface area (TPSA) is 62.7 Å². The van der Waals surface area contributed by atoms with Gasteiger partial charge < -0.3 is 10.6 Å². The molecule has 2 N–H and O–H groups in total. The van der Waals surface area contributed by atoms with Crippen LogP contribution in [0, 0.1) is 6.92 Å². The first-order valence-corrected chi connectivity index (χ1v) is 8.07. The fraction of sp³-hybridized carbons (Fsp3) is 0.118. The Labute approximate surface area is 150 Å². The highest BCUT2D eigenvalue weighted by atomic mass is 35.5. The van der Waals surface area contributed by atoms with Crippen molar-refractivity contribution in [3.63, 3.8) is 0 Å². The molecule has 0 spiro atoms. The van der Waals surface area contributed by atoms with Gasteiger partial charge in [-0.25, -0.2) is 0 Å². The van der Waals surface area contributed by atoms with Gasteiger partial charge in [0.1, 0.15) is 0 Å². The Bertz CT molecular complexity index is 834. The average molecular weight is 360 g/mol. The number of anilines is 3. The van der Waals surface area contributed by atoms with Crippen molar-refractivity contribution in [1.82, 2.24) is 15.2 Å². The van der Waals surface area contributed by atoms with Gasteiger partial charge in [0.25, 0.3) is 0 Å². The maximum absolute atomic E-state index is 6.14. The van der Waals surface area contributed by atoms with Crippen LogP contribution in [0.2, 0.25) is 10.0 Å². The van der Waals surface area contributed by atoms with Crippen LogP contribution in [0.15, 0.2) is 48.7 Å². The zero-order valence-electron chi connectivity index (χ0n) is 12.9. The maximum atomic E-state index is 6.14. The summed E-state index contributed by atoms with van der Waals surface area (Å²) in [4.78, 5) is 4.37. The minimum absolute atomic E-state index is 0.319. The molecule has 0 aliphatic rings. The lowest BCUT2D eigenvalue weighted by molar-refractivity contribution is 0.965. The second-order valence-corrected chi connectivity index (χ2v) is 6.04. The van der Waals surface area contributed by atoms with E-state index in [1.165, 1.54) is 5.56 Å². The van der Waals surface area contributed by atoms with Crippen molar-refractivity contribution >= 4 is 40.7 Å². The number of hydrogen-bond donors (Lipinski definition) is 2. The van der Waals surface area contributed by atoms with E-state index in [2.05, 4.69) is 50.9 Å². The molecule has 5 nitrogen and oxygen atoms in total. The first kappa shape index (κ1) is 16.5. The van der Waals surface area contributed by atoms with Crippen LogP contribution >= 0.6 is 23.2 Å². The third-order valence-corrected chi connectivity index (χ3v) is 3.94. The number of nitrogens with zero attached hydrogens (tertiary/aromatic N) is 3. The Morgan fingerprint density at radius 3 is 2.54 bits per heavy atom. The van der Waals surface area contributed by atoms with E-state index < -0.39 is 0 Å². The predicted octanol–water partition coefficient (Wildman–Crippen LogP) is 4.84. The summed E-state index contributed by atoms with van der Waals surface area (Å²) in [5.41, 5.74) is 2.93. The van der Waals surface area contributed by atoms with Gasteiger partial charge in [0.15, 0.2) is 5.82 Å². The third-order valence-electron chi connectivity index (χ3n) is 3.31. The van der Waals surface area contributed by atoms with E-state index in [0.717, 1.165) is 5.56 Å². The molecule has 3 aromatic rings. The lowest BCUT2D eigenvalue weighted by Gasteiger charge is -2.10. The van der Waals surface area contributed by atoms with Crippen molar-refractivity contribution < 1.29 is 0 Å². The fourth-order valence-corrected chi connectivity index (χ4v) is 2.68. The first-order valence-electron chi connectivity index (χ1n) is 7.32. The van der Waals surface area contributed by atoms with Gasteiger partial charge in [0.2, 0.25) is 5.95 Å². The smallest absolute Gasteiger partial charge is 0.249 e. The van der Waals surface area contributed by atoms with Crippen LogP contribution < -0.4 is 10.6 Å².